The minimum absolute atomic E-state index is 0.0556. The third kappa shape index (κ3) is 7.30. The summed E-state index contributed by atoms with van der Waals surface area (Å²) in [4.78, 5) is 2.12. The lowest BCUT2D eigenvalue weighted by Crippen LogP contribution is -2.36. The second-order valence-electron chi connectivity index (χ2n) is 9.40. The highest BCUT2D eigenvalue weighted by Crippen LogP contribution is 2.34. The summed E-state index contributed by atoms with van der Waals surface area (Å²) in [5.41, 5.74) is 1.65. The first kappa shape index (κ1) is 28.9. The largest absolute Gasteiger partial charge is 0.495 e. The third-order valence-corrected chi connectivity index (χ3v) is 7.62. The van der Waals surface area contributed by atoms with Gasteiger partial charge in [0.2, 0.25) is 10.0 Å². The molecule has 210 valence electrons. The summed E-state index contributed by atoms with van der Waals surface area (Å²) < 4.78 is 70.2. The maximum Gasteiger partial charge on any atom is 0.406 e. The number of halogens is 4. The number of hydrogen-bond donors (Lipinski definition) is 3. The zero-order valence-corrected chi connectivity index (χ0v) is 23.0. The first-order valence-electron chi connectivity index (χ1n) is 12.1. The Morgan fingerprint density at radius 2 is 1.87 bits per heavy atom. The van der Waals surface area contributed by atoms with Crippen LogP contribution in [0.25, 0.3) is 10.9 Å². The number of rotatable bonds is 7. The van der Waals surface area contributed by atoms with Gasteiger partial charge in [-0.3, -0.25) is 0 Å². The van der Waals surface area contributed by atoms with E-state index in [-0.39, 0.29) is 28.9 Å². The number of hydrogen-bond acceptors (Lipinski definition) is 6. The predicted molar refractivity (Wildman–Crippen MR) is 147 cm³/mol. The Hall–Kier alpha value is -3.11. The van der Waals surface area contributed by atoms with Gasteiger partial charge < -0.3 is 24.8 Å². The van der Waals surface area contributed by atoms with Crippen molar-refractivity contribution in [2.75, 3.05) is 44.4 Å². The van der Waals surface area contributed by atoms with E-state index in [9.17, 15) is 21.6 Å². The normalized spacial score (nSPS) is 15.2. The van der Waals surface area contributed by atoms with E-state index in [2.05, 4.69) is 34.4 Å². The number of likely N-dealkylation sites (tertiary alicyclic amines) is 1. The van der Waals surface area contributed by atoms with Crippen LogP contribution in [0.15, 0.2) is 41.3 Å². The number of nitrogens with two attached hydrogens (primary N) is 1. The molecular formula is C26H29ClF3N5O3S. The summed E-state index contributed by atoms with van der Waals surface area (Å²) in [5, 5.41) is 12.6. The Morgan fingerprint density at radius 1 is 1.15 bits per heavy atom. The average Bonchev–Trinajstić information content (AvgIpc) is 3.18. The number of sulfonamides is 1. The van der Waals surface area contributed by atoms with Crippen LogP contribution in [-0.4, -0.2) is 63.9 Å². The maximum absolute atomic E-state index is 13.5. The first-order valence-corrected chi connectivity index (χ1v) is 14.0. The number of anilines is 2. The minimum Gasteiger partial charge on any atom is -0.495 e. The van der Waals surface area contributed by atoms with E-state index in [1.807, 2.05) is 0 Å². The molecule has 8 nitrogen and oxygen atoms in total. The molecule has 0 bridgehead atoms. The van der Waals surface area contributed by atoms with Crippen LogP contribution in [0.5, 0.6) is 5.75 Å². The molecule has 0 radical (unpaired) electrons. The molecule has 1 aliphatic rings. The van der Waals surface area contributed by atoms with Gasteiger partial charge in [-0.05, 0) is 69.2 Å². The molecule has 1 fully saturated rings. The van der Waals surface area contributed by atoms with Gasteiger partial charge in [-0.1, -0.05) is 17.5 Å². The molecule has 4 N–H and O–H groups in total. The van der Waals surface area contributed by atoms with Crippen molar-refractivity contribution < 1.29 is 26.3 Å². The molecule has 0 unspecified atom stereocenters. The predicted octanol–water partition coefficient (Wildman–Crippen LogP) is 4.48. The van der Waals surface area contributed by atoms with Crippen molar-refractivity contribution in [1.82, 2.24) is 9.47 Å². The van der Waals surface area contributed by atoms with Gasteiger partial charge in [0.25, 0.3) is 0 Å². The molecule has 3 aromatic rings. The SMILES string of the molecule is COc1cc(S(N)(=O)=O)ccc1NCC#Cc1cc2c(NC3CCN(C)CC3)cc(Cl)cc2n1CC(F)(F)F. The van der Waals surface area contributed by atoms with Gasteiger partial charge in [-0.15, -0.1) is 0 Å². The van der Waals surface area contributed by atoms with E-state index in [1.54, 1.807) is 12.1 Å². The Balaban J connectivity index is 1.63. The average molecular weight is 584 g/mol. The lowest BCUT2D eigenvalue weighted by molar-refractivity contribution is -0.140. The molecule has 0 spiro atoms. The van der Waals surface area contributed by atoms with Crippen molar-refractivity contribution in [1.29, 1.82) is 0 Å². The Bertz CT molecular complexity index is 1520. The summed E-state index contributed by atoms with van der Waals surface area (Å²) in [6.45, 7) is 0.691. The molecule has 0 saturated carbocycles. The first-order chi connectivity index (χ1) is 18.3. The molecule has 1 saturated heterocycles. The number of methoxy groups -OCH3 is 1. The highest BCUT2D eigenvalue weighted by molar-refractivity contribution is 7.89. The second-order valence-corrected chi connectivity index (χ2v) is 11.4. The number of nitrogens with zero attached hydrogens (tertiary/aromatic N) is 2. The van der Waals surface area contributed by atoms with Gasteiger partial charge in [0.05, 0.1) is 35.4 Å². The summed E-state index contributed by atoms with van der Waals surface area (Å²) >= 11 is 6.33. The lowest BCUT2D eigenvalue weighted by Gasteiger charge is -2.30. The van der Waals surface area contributed by atoms with E-state index >= 15 is 0 Å². The highest BCUT2D eigenvalue weighted by Gasteiger charge is 2.30. The van der Waals surface area contributed by atoms with Gasteiger partial charge in [0.15, 0.2) is 0 Å². The minimum atomic E-state index is -4.47. The number of fused-ring (bicyclic) bond motifs is 1. The molecule has 0 amide bonds. The second kappa shape index (κ2) is 11.6. The molecule has 0 atom stereocenters. The third-order valence-electron chi connectivity index (χ3n) is 6.49. The smallest absolute Gasteiger partial charge is 0.406 e. The quantitative estimate of drug-likeness (QED) is 0.355. The number of nitrogens with one attached hydrogen (secondary N) is 2. The monoisotopic (exact) mass is 583 g/mol. The van der Waals surface area contributed by atoms with E-state index in [4.69, 9.17) is 21.5 Å². The Kier molecular flexibility index (Phi) is 8.56. The van der Waals surface area contributed by atoms with Crippen LogP contribution in [-0.2, 0) is 16.6 Å². The van der Waals surface area contributed by atoms with Crippen LogP contribution in [0.3, 0.4) is 0 Å². The zero-order valence-electron chi connectivity index (χ0n) is 21.4. The van der Waals surface area contributed by atoms with E-state index in [0.29, 0.717) is 27.3 Å². The molecule has 0 aliphatic carbocycles. The van der Waals surface area contributed by atoms with Crippen molar-refractivity contribution in [3.63, 3.8) is 0 Å². The molecule has 2 aromatic carbocycles. The van der Waals surface area contributed by atoms with Crippen molar-refractivity contribution in [2.24, 2.45) is 5.14 Å². The number of alkyl halides is 3. The Labute approximate surface area is 230 Å². The number of primary sulfonamides is 1. The molecule has 39 heavy (non-hydrogen) atoms. The van der Waals surface area contributed by atoms with Gasteiger partial charge >= 0.3 is 6.18 Å². The summed E-state index contributed by atoms with van der Waals surface area (Å²) in [6.07, 6.45) is -2.65. The van der Waals surface area contributed by atoms with Gasteiger partial charge in [0.1, 0.15) is 12.3 Å². The highest BCUT2D eigenvalue weighted by atomic mass is 35.5. The number of aromatic nitrogens is 1. The molecule has 4 rings (SSSR count). The fraction of sp³-hybridized carbons (Fsp3) is 0.385. The van der Waals surface area contributed by atoms with Gasteiger partial charge in [-0.2, -0.15) is 13.2 Å². The molecular weight excluding hydrogens is 555 g/mol. The molecule has 13 heteroatoms. The molecule has 1 aliphatic heterocycles. The summed E-state index contributed by atoms with van der Waals surface area (Å²) in [5.74, 6) is 5.92. The van der Waals surface area contributed by atoms with Crippen molar-refractivity contribution >= 4 is 43.9 Å². The number of benzene rings is 2. The Morgan fingerprint density at radius 3 is 2.51 bits per heavy atom. The van der Waals surface area contributed by atoms with Gasteiger partial charge in [0, 0.05) is 28.2 Å². The molecule has 1 aromatic heterocycles. The van der Waals surface area contributed by atoms with Crippen LogP contribution in [0.2, 0.25) is 5.02 Å². The zero-order chi connectivity index (χ0) is 28.4. The summed E-state index contributed by atoms with van der Waals surface area (Å²) in [7, 11) is -0.484. The van der Waals surface area contributed by atoms with E-state index in [0.717, 1.165) is 30.5 Å². The fourth-order valence-electron chi connectivity index (χ4n) is 4.54. The standard InChI is InChI=1S/C26H29ClF3N5O3S/c1-34-10-7-18(8-11-34)33-23-12-17(27)13-24-21(23)14-19(35(24)16-26(28,29)30)4-3-9-32-22-6-5-20(39(31,36)37)15-25(22)38-2/h5-6,12-15,18,32-33H,7-11,16H2,1-2H3,(H2,31,36,37). The number of ether oxygens (including phenoxy) is 1. The van der Waals surface area contributed by atoms with Crippen LogP contribution in [0.4, 0.5) is 24.5 Å². The van der Waals surface area contributed by atoms with Crippen LogP contribution in [0, 0.1) is 11.8 Å². The molecule has 2 heterocycles. The van der Waals surface area contributed by atoms with Crippen LogP contribution in [0.1, 0.15) is 18.5 Å². The van der Waals surface area contributed by atoms with E-state index < -0.39 is 22.7 Å². The van der Waals surface area contributed by atoms with Gasteiger partial charge in [-0.25, -0.2) is 13.6 Å². The van der Waals surface area contributed by atoms with Crippen LogP contribution >= 0.6 is 11.6 Å². The fourth-order valence-corrected chi connectivity index (χ4v) is 5.28. The number of piperidine rings is 1. The topological polar surface area (TPSA) is 102 Å². The van der Waals surface area contributed by atoms with Crippen LogP contribution < -0.4 is 20.5 Å². The summed E-state index contributed by atoms with van der Waals surface area (Å²) in [6, 6.07) is 9.14. The maximum atomic E-state index is 13.5. The lowest BCUT2D eigenvalue weighted by atomic mass is 10.0. The van der Waals surface area contributed by atoms with Crippen molar-refractivity contribution in [3.05, 3.63) is 47.1 Å². The van der Waals surface area contributed by atoms with Crippen molar-refractivity contribution in [3.8, 4) is 17.6 Å². The van der Waals surface area contributed by atoms with Crippen molar-refractivity contribution in [2.45, 2.75) is 36.5 Å². The van der Waals surface area contributed by atoms with E-state index in [1.165, 1.54) is 31.4 Å².